The van der Waals surface area contributed by atoms with Gasteiger partial charge in [-0.05, 0) is 57.5 Å². The van der Waals surface area contributed by atoms with E-state index in [0.29, 0.717) is 16.9 Å². The lowest BCUT2D eigenvalue weighted by Crippen LogP contribution is -2.30. The monoisotopic (exact) mass is 393 g/mol. The fourth-order valence-corrected chi connectivity index (χ4v) is 3.13. The number of esters is 1. The third kappa shape index (κ3) is 4.45. The molecule has 1 aliphatic heterocycles. The molecule has 3 rings (SSSR count). The van der Waals surface area contributed by atoms with E-state index in [0.717, 1.165) is 37.2 Å². The van der Waals surface area contributed by atoms with Gasteiger partial charge in [-0.25, -0.2) is 9.48 Å². The molecule has 1 aliphatic rings. The van der Waals surface area contributed by atoms with Gasteiger partial charge in [-0.15, -0.1) is 17.5 Å². The fourth-order valence-electron chi connectivity index (χ4n) is 3.13. The molecule has 0 bridgehead atoms. The smallest absolute Gasteiger partial charge is 0.337 e. The molecule has 1 fully saturated rings. The Balaban J connectivity index is 0.00000261. The van der Waals surface area contributed by atoms with Gasteiger partial charge in [0.2, 0.25) is 0 Å². The Morgan fingerprint density at radius 2 is 1.96 bits per heavy atom. The van der Waals surface area contributed by atoms with E-state index >= 15 is 0 Å². The second kappa shape index (κ2) is 8.96. The quantitative estimate of drug-likeness (QED) is 0.773. The highest BCUT2D eigenvalue weighted by Gasteiger charge is 2.23. The maximum absolute atomic E-state index is 12.7. The maximum Gasteiger partial charge on any atom is 0.337 e. The number of hydrogen-bond donors (Lipinski definition) is 2. The van der Waals surface area contributed by atoms with Crippen molar-refractivity contribution in [1.82, 2.24) is 20.3 Å². The van der Waals surface area contributed by atoms with E-state index in [1.807, 2.05) is 18.5 Å². The van der Waals surface area contributed by atoms with Gasteiger partial charge in [0.15, 0.2) is 5.69 Å². The SMILES string of the molecule is COC(=O)c1ccc(C)c(NC(=O)c2nnn(C3CCNCC3)c2C)c1.Cl. The van der Waals surface area contributed by atoms with Crippen molar-refractivity contribution in [3.8, 4) is 0 Å². The lowest BCUT2D eigenvalue weighted by Gasteiger charge is -2.23. The van der Waals surface area contributed by atoms with Crippen LogP contribution in [-0.4, -0.2) is 47.1 Å². The number of methoxy groups -OCH3 is 1. The Morgan fingerprint density at radius 1 is 1.26 bits per heavy atom. The van der Waals surface area contributed by atoms with Crippen molar-refractivity contribution in [2.45, 2.75) is 32.7 Å². The number of hydrogen-bond acceptors (Lipinski definition) is 6. The van der Waals surface area contributed by atoms with E-state index in [2.05, 4.69) is 20.9 Å². The minimum absolute atomic E-state index is 0. The number of rotatable bonds is 4. The molecule has 2 heterocycles. The highest BCUT2D eigenvalue weighted by Crippen LogP contribution is 2.22. The van der Waals surface area contributed by atoms with Crippen LogP contribution in [0.3, 0.4) is 0 Å². The second-order valence-electron chi connectivity index (χ2n) is 6.42. The number of benzene rings is 1. The molecule has 1 saturated heterocycles. The number of piperidine rings is 1. The fraction of sp³-hybridized carbons (Fsp3) is 0.444. The largest absolute Gasteiger partial charge is 0.465 e. The molecule has 8 nitrogen and oxygen atoms in total. The molecule has 0 unspecified atom stereocenters. The number of nitrogens with one attached hydrogen (secondary N) is 2. The minimum Gasteiger partial charge on any atom is -0.465 e. The Hall–Kier alpha value is -2.45. The third-order valence-corrected chi connectivity index (χ3v) is 4.70. The second-order valence-corrected chi connectivity index (χ2v) is 6.42. The van der Waals surface area contributed by atoms with Crippen LogP contribution in [0, 0.1) is 13.8 Å². The summed E-state index contributed by atoms with van der Waals surface area (Å²) in [5.74, 6) is -0.790. The van der Waals surface area contributed by atoms with E-state index in [-0.39, 0.29) is 24.4 Å². The number of ether oxygens (including phenoxy) is 1. The molecular formula is C18H24ClN5O3. The van der Waals surface area contributed by atoms with E-state index in [1.165, 1.54) is 7.11 Å². The highest BCUT2D eigenvalue weighted by atomic mass is 35.5. The zero-order chi connectivity index (χ0) is 18.7. The van der Waals surface area contributed by atoms with Crippen molar-refractivity contribution in [2.75, 3.05) is 25.5 Å². The molecule has 2 N–H and O–H groups in total. The van der Waals surface area contributed by atoms with Crippen LogP contribution in [0.15, 0.2) is 18.2 Å². The van der Waals surface area contributed by atoms with Crippen LogP contribution in [0.25, 0.3) is 0 Å². The summed E-state index contributed by atoms with van der Waals surface area (Å²) in [6, 6.07) is 5.29. The normalized spacial score (nSPS) is 14.3. The Bertz CT molecular complexity index is 830. The molecule has 0 atom stereocenters. The van der Waals surface area contributed by atoms with Crippen molar-refractivity contribution >= 4 is 30.0 Å². The molecule has 0 saturated carbocycles. The third-order valence-electron chi connectivity index (χ3n) is 4.70. The molecule has 1 aromatic heterocycles. The highest BCUT2D eigenvalue weighted by molar-refractivity contribution is 6.04. The van der Waals surface area contributed by atoms with Gasteiger partial charge >= 0.3 is 5.97 Å². The number of carbonyl (C=O) groups excluding carboxylic acids is 2. The molecule has 0 spiro atoms. The zero-order valence-corrected chi connectivity index (χ0v) is 16.4. The predicted octanol–water partition coefficient (Wildman–Crippen LogP) is 2.28. The summed E-state index contributed by atoms with van der Waals surface area (Å²) in [4.78, 5) is 24.4. The molecular weight excluding hydrogens is 370 g/mol. The van der Waals surface area contributed by atoms with E-state index < -0.39 is 5.97 Å². The molecule has 27 heavy (non-hydrogen) atoms. The van der Waals surface area contributed by atoms with Gasteiger partial charge in [-0.2, -0.15) is 0 Å². The van der Waals surface area contributed by atoms with Crippen molar-refractivity contribution in [3.63, 3.8) is 0 Å². The summed E-state index contributed by atoms with van der Waals surface area (Å²) < 4.78 is 6.57. The first-order valence-corrected chi connectivity index (χ1v) is 8.64. The van der Waals surface area contributed by atoms with Gasteiger partial charge in [0.05, 0.1) is 24.4 Å². The van der Waals surface area contributed by atoms with Crippen LogP contribution in [0.4, 0.5) is 5.69 Å². The summed E-state index contributed by atoms with van der Waals surface area (Å²) in [5.41, 5.74) is 2.81. The number of aromatic nitrogens is 3. The molecule has 1 amide bonds. The molecule has 0 radical (unpaired) electrons. The van der Waals surface area contributed by atoms with Gasteiger partial charge < -0.3 is 15.4 Å². The van der Waals surface area contributed by atoms with Crippen molar-refractivity contribution < 1.29 is 14.3 Å². The standard InChI is InChI=1S/C18H23N5O3.ClH/c1-11-4-5-13(18(25)26-3)10-15(11)20-17(24)16-12(2)23(22-21-16)14-6-8-19-9-7-14;/h4-5,10,14,19H,6-9H2,1-3H3,(H,20,24);1H. The first-order valence-electron chi connectivity index (χ1n) is 8.64. The number of halogens is 1. The van der Waals surface area contributed by atoms with Crippen LogP contribution in [0.1, 0.15) is 51.0 Å². The first-order chi connectivity index (χ1) is 12.5. The summed E-state index contributed by atoms with van der Waals surface area (Å²) in [6.07, 6.45) is 1.93. The van der Waals surface area contributed by atoms with E-state index in [9.17, 15) is 9.59 Å². The first kappa shape index (κ1) is 20.9. The Labute approximate surface area is 164 Å². The van der Waals surface area contributed by atoms with Crippen LogP contribution in [-0.2, 0) is 4.74 Å². The van der Waals surface area contributed by atoms with Crippen LogP contribution < -0.4 is 10.6 Å². The molecule has 1 aromatic carbocycles. The summed E-state index contributed by atoms with van der Waals surface area (Å²) >= 11 is 0. The molecule has 146 valence electrons. The van der Waals surface area contributed by atoms with E-state index in [1.54, 1.807) is 18.2 Å². The summed E-state index contributed by atoms with van der Waals surface area (Å²) in [7, 11) is 1.32. The van der Waals surface area contributed by atoms with Gasteiger partial charge in [-0.3, -0.25) is 4.79 Å². The maximum atomic E-state index is 12.7. The number of carbonyl (C=O) groups is 2. The van der Waals surface area contributed by atoms with Crippen molar-refractivity contribution in [2.24, 2.45) is 0 Å². The Kier molecular flexibility index (Phi) is 6.92. The molecule has 2 aromatic rings. The number of anilines is 1. The van der Waals surface area contributed by atoms with E-state index in [4.69, 9.17) is 4.74 Å². The zero-order valence-electron chi connectivity index (χ0n) is 15.6. The summed E-state index contributed by atoms with van der Waals surface area (Å²) in [6.45, 7) is 5.58. The number of nitrogens with zero attached hydrogens (tertiary/aromatic N) is 3. The van der Waals surface area contributed by atoms with Gasteiger partial charge in [0, 0.05) is 5.69 Å². The van der Waals surface area contributed by atoms with Crippen molar-refractivity contribution in [3.05, 3.63) is 40.7 Å². The van der Waals surface area contributed by atoms with Crippen LogP contribution in [0.5, 0.6) is 0 Å². The average Bonchev–Trinajstić information content (AvgIpc) is 3.05. The lowest BCUT2D eigenvalue weighted by atomic mass is 10.1. The molecule has 9 heteroatoms. The minimum atomic E-state index is -0.450. The lowest BCUT2D eigenvalue weighted by molar-refractivity contribution is 0.0600. The van der Waals surface area contributed by atoms with Crippen LogP contribution in [0.2, 0.25) is 0 Å². The van der Waals surface area contributed by atoms with Crippen molar-refractivity contribution in [1.29, 1.82) is 0 Å². The van der Waals surface area contributed by atoms with Crippen LogP contribution >= 0.6 is 12.4 Å². The number of amides is 1. The average molecular weight is 394 g/mol. The van der Waals surface area contributed by atoms with Gasteiger partial charge in [-0.1, -0.05) is 11.3 Å². The predicted molar refractivity (Wildman–Crippen MR) is 104 cm³/mol. The number of aryl methyl sites for hydroxylation is 1. The van der Waals surface area contributed by atoms with Gasteiger partial charge in [0.25, 0.3) is 5.91 Å². The van der Waals surface area contributed by atoms with Gasteiger partial charge in [0.1, 0.15) is 0 Å². The Morgan fingerprint density at radius 3 is 2.63 bits per heavy atom. The topological polar surface area (TPSA) is 98.1 Å². The molecule has 0 aliphatic carbocycles. The summed E-state index contributed by atoms with van der Waals surface area (Å²) in [5, 5.41) is 14.4.